The van der Waals surface area contributed by atoms with Gasteiger partial charge in [-0.2, -0.15) is 47.0 Å². The van der Waals surface area contributed by atoms with Crippen molar-refractivity contribution in [3.63, 3.8) is 0 Å². The molecule has 20 aliphatic carbocycles. The van der Waals surface area contributed by atoms with Crippen LogP contribution < -0.4 is 0 Å². The van der Waals surface area contributed by atoms with Crippen LogP contribution in [0.1, 0.15) is 257 Å². The van der Waals surface area contributed by atoms with Gasteiger partial charge in [0.05, 0.1) is 0 Å². The Labute approximate surface area is 879 Å². The molecule has 0 heterocycles. The molecule has 20 bridgehead atoms. The monoisotopic (exact) mass is 2830 g/mol. The van der Waals surface area contributed by atoms with Crippen molar-refractivity contribution in [1.82, 2.24) is 0 Å². The van der Waals surface area contributed by atoms with Gasteiger partial charge in [-0.3, -0.25) is 0 Å². The summed E-state index contributed by atoms with van der Waals surface area (Å²) in [5.41, 5.74) is 5.18. The van der Waals surface area contributed by atoms with Gasteiger partial charge in [-0.1, -0.05) is 207 Å². The molecule has 20 aliphatic rings. The maximum atomic E-state index is 5.27. The Morgan fingerprint density at radius 3 is 0.802 bits per heavy atom. The molecule has 664 valence electrons. The Hall–Kier alpha value is 5.21. The average molecular weight is 2830 g/mol. The van der Waals surface area contributed by atoms with Crippen molar-refractivity contribution in [2.45, 2.75) is 267 Å². The molecule has 29 unspecified atom stereocenters. The molecule has 14 fully saturated rings. The predicted molar refractivity (Wildman–Crippen MR) is 533 cm³/mol. The standard InChI is InChI=1S/4C9H14S.4C9H14.2C9H12.4CH4S.4CH4.4H2S.6W/c2*1-6(10)9-5-7-2-3-8(9)4-7;2*10-4-3-9-6-7-1-2-8(9)5-7;6*1-2-8-5-7-3-4-9(8)6-7;4*1-2;;;;;;;;;;;;;;/h2*2-3,6-10H,4-5H2,1H3;2*1-2,7-10H,3-6H2;2*2,7,9H,3-6H2,1H3;2*2,7-9H,1,3-6H2;2-4,7,9H,5-6H2,1H3;2-4,7-9H,1,5-6H2;4*2H,1H3;4*1H4;4*1H2;;;;;;/q;;;;;;;;;;;;;;;;;;;;;;6*+2/p-12/b;;;;2*8-2+;;;8-2+;;;;;;;;;;;;;;;;;;;. The number of thiol groups is 4. The Balaban J connectivity index is -0.000000182. The molecule has 0 aromatic heterocycles. The molecule has 0 amide bonds. The summed E-state index contributed by atoms with van der Waals surface area (Å²) in [6.45, 7) is 22.4. The maximum Gasteiger partial charge on any atom is 2.00 e. The molecule has 0 radical (unpaired) electrons. The van der Waals surface area contributed by atoms with Crippen LogP contribution in [0.5, 0.6) is 0 Å². The summed E-state index contributed by atoms with van der Waals surface area (Å²) in [5.74, 6) is 27.1. The molecule has 14 saturated carbocycles. The van der Waals surface area contributed by atoms with E-state index in [0.29, 0.717) is 10.5 Å². The van der Waals surface area contributed by atoms with E-state index in [1.807, 2.05) is 0 Å². The Morgan fingerprint density at radius 1 is 0.328 bits per heavy atom. The molecule has 116 heavy (non-hydrogen) atoms. The van der Waals surface area contributed by atoms with Crippen LogP contribution in [-0.2, 0) is 281 Å². The van der Waals surface area contributed by atoms with E-state index in [2.05, 4.69) is 214 Å². The van der Waals surface area contributed by atoms with Crippen LogP contribution in [0.25, 0.3) is 0 Å². The van der Waals surface area contributed by atoms with Crippen molar-refractivity contribution in [1.29, 1.82) is 0 Å². The molecular formula is C98H164S12W6. The van der Waals surface area contributed by atoms with Gasteiger partial charge in [0.15, 0.2) is 0 Å². The Bertz CT molecular complexity index is 2630. The van der Waals surface area contributed by atoms with Gasteiger partial charge in [0.25, 0.3) is 0 Å². The van der Waals surface area contributed by atoms with Crippen molar-refractivity contribution in [2.24, 2.45) is 160 Å². The Kier molecular flexibility index (Phi) is 88.0. The summed E-state index contributed by atoms with van der Waals surface area (Å²) in [7, 11) is 0. The molecule has 0 N–H and O–H groups in total. The van der Waals surface area contributed by atoms with Crippen LogP contribution >= 0.6 is 0 Å². The summed E-state index contributed by atoms with van der Waals surface area (Å²) < 4.78 is 0. The zero-order valence-electron chi connectivity index (χ0n) is 69.9. The van der Waals surface area contributed by atoms with E-state index in [1.54, 1.807) is 41.7 Å². The fourth-order valence-electron chi connectivity index (χ4n) is 23.6. The minimum absolute atomic E-state index is 0. The number of hydrogen-bond acceptors (Lipinski definition) is 12. The Morgan fingerprint density at radius 2 is 0.647 bits per heavy atom. The third-order valence-corrected chi connectivity index (χ3v) is 30.1. The van der Waals surface area contributed by atoms with Crippen molar-refractivity contribution in [2.75, 3.05) is 36.5 Å². The predicted octanol–water partition coefficient (Wildman–Crippen LogP) is 26.3. The van der Waals surface area contributed by atoms with Crippen LogP contribution in [-0.4, -0.2) is 47.0 Å². The van der Waals surface area contributed by atoms with Gasteiger partial charge in [-0.25, -0.2) is 0 Å². The maximum absolute atomic E-state index is 5.27. The fourth-order valence-corrected chi connectivity index (χ4v) is 24.9. The smallest absolute Gasteiger partial charge is 0.813 e. The van der Waals surface area contributed by atoms with Gasteiger partial charge >= 0.3 is 126 Å². The first-order valence-electron chi connectivity index (χ1n) is 41.8. The molecule has 0 aliphatic heterocycles. The molecule has 0 spiro atoms. The van der Waals surface area contributed by atoms with Crippen LogP contribution in [0, 0.1) is 160 Å². The van der Waals surface area contributed by atoms with E-state index in [-0.39, 0.29) is 210 Å². The molecule has 20 rings (SSSR count). The van der Waals surface area contributed by atoms with Crippen LogP contribution in [0.15, 0.2) is 146 Å². The number of allylic oxidation sites excluding steroid dienone is 21. The quantitative estimate of drug-likeness (QED) is 0.123. The summed E-state index contributed by atoms with van der Waals surface area (Å²) >= 11 is 36.8. The largest absolute Gasteiger partial charge is 2.00 e. The third kappa shape index (κ3) is 41.1. The van der Waals surface area contributed by atoms with E-state index in [4.69, 9.17) is 50.5 Å². The second kappa shape index (κ2) is 74.7. The average Bonchev–Trinajstić information content (AvgIpc) is 1.66. The normalized spacial score (nSPS) is 36.9. The first-order valence-corrected chi connectivity index (χ1v) is 47.1. The van der Waals surface area contributed by atoms with Crippen molar-refractivity contribution >= 4 is 155 Å². The first-order chi connectivity index (χ1) is 49.7. The molecular weight excluding hydrogens is 2660 g/mol. The summed E-state index contributed by atoms with van der Waals surface area (Å²) in [6.07, 6.45) is 91.5. The van der Waals surface area contributed by atoms with Crippen LogP contribution in [0.4, 0.5) is 0 Å². The third-order valence-electron chi connectivity index (χ3n) is 28.9. The van der Waals surface area contributed by atoms with Crippen molar-refractivity contribution in [3.05, 3.63) is 146 Å². The van der Waals surface area contributed by atoms with E-state index in [1.165, 1.54) is 193 Å². The number of fused-ring (bicyclic) bond motifs is 20. The minimum atomic E-state index is 0. The fraction of sp³-hybridized carbons (Fsp3) is 0.755. The summed E-state index contributed by atoms with van der Waals surface area (Å²) in [5, 5.41) is 0.972. The zero-order chi connectivity index (χ0) is 73.8. The SMILES string of the molecule is C.C.C.C.C/C=C1\CC2C=CC1C2.C/C=C1\CC2CCC1C2.C/C=C1\CC2CCC1C2.C=CC1CC2C=CC1C2.C=CC1CC2CCC1C2.C=CC1CC2CCC1C2.CC([S-])C1CC2C=CC1C2.CC([S-])C1CC2C=CC1C2.C[S-].C[S-].C[S-].C[S-].[S-]CCC1CC2C=CC1C2.[S-]CCC1CC2C=CC1C2.[SH-].[SH-].[SH-].[SH-].[W+2].[W+2].[W+2].[W+2].[W+2].[W+2]. The molecule has 0 saturated heterocycles. The topological polar surface area (TPSA) is 0 Å². The van der Waals surface area contributed by atoms with Crippen LogP contribution in [0.2, 0.25) is 0 Å². The minimum Gasteiger partial charge on any atom is -0.813 e. The molecule has 29 atom stereocenters. The van der Waals surface area contributed by atoms with Gasteiger partial charge in [-0.15, -0.1) is 19.7 Å². The summed E-state index contributed by atoms with van der Waals surface area (Å²) in [6, 6.07) is 0. The van der Waals surface area contributed by atoms with Gasteiger partial charge < -0.3 is 155 Å². The second-order valence-electron chi connectivity index (χ2n) is 34.6. The van der Waals surface area contributed by atoms with E-state index >= 15 is 0 Å². The molecule has 18 heteroatoms. The van der Waals surface area contributed by atoms with Crippen LogP contribution in [0.3, 0.4) is 0 Å². The van der Waals surface area contributed by atoms with Crippen molar-refractivity contribution < 1.29 is 126 Å². The van der Waals surface area contributed by atoms with E-state index < -0.39 is 0 Å². The van der Waals surface area contributed by atoms with Gasteiger partial charge in [0.1, 0.15) is 0 Å². The van der Waals surface area contributed by atoms with Gasteiger partial charge in [0, 0.05) is 0 Å². The zero-order valence-corrected chi connectivity index (χ0v) is 97.6. The molecule has 0 nitrogen and oxygen atoms in total. The molecule has 0 aromatic rings. The summed E-state index contributed by atoms with van der Waals surface area (Å²) in [4.78, 5) is 0. The second-order valence-corrected chi connectivity index (χ2v) is 36.9. The molecule has 0 aromatic carbocycles. The number of hydrogen-bond donors (Lipinski definition) is 0. The van der Waals surface area contributed by atoms with Gasteiger partial charge in [0.2, 0.25) is 0 Å². The first kappa shape index (κ1) is 137. The van der Waals surface area contributed by atoms with E-state index in [0.717, 1.165) is 171 Å². The number of rotatable bonds is 9. The van der Waals surface area contributed by atoms with E-state index in [9.17, 15) is 0 Å². The van der Waals surface area contributed by atoms with Crippen molar-refractivity contribution in [3.8, 4) is 0 Å². The van der Waals surface area contributed by atoms with Gasteiger partial charge in [-0.05, 0) is 336 Å².